The van der Waals surface area contributed by atoms with E-state index in [0.29, 0.717) is 19.0 Å². The Kier molecular flexibility index (Phi) is 4.24. The smallest absolute Gasteiger partial charge is 0.287 e. The highest BCUT2D eigenvalue weighted by molar-refractivity contribution is 6.33. The highest BCUT2D eigenvalue weighted by Gasteiger charge is 2.24. The lowest BCUT2D eigenvalue weighted by atomic mass is 10.1. The average molecular weight is 271 g/mol. The fourth-order valence-corrected chi connectivity index (χ4v) is 2.56. The Morgan fingerprint density at radius 3 is 3.00 bits per heavy atom. The number of nitrogens with zero attached hydrogens (tertiary/aromatic N) is 3. The number of hydrogen-bond acceptors (Lipinski definition) is 4. The van der Waals surface area contributed by atoms with E-state index in [2.05, 4.69) is 10.00 Å². The van der Waals surface area contributed by atoms with Crippen LogP contribution in [0, 0.1) is 5.92 Å². The number of hydrogen-bond donors (Lipinski definition) is 1. The lowest BCUT2D eigenvalue weighted by molar-refractivity contribution is 0.566. The van der Waals surface area contributed by atoms with Gasteiger partial charge in [-0.3, -0.25) is 4.79 Å². The predicted octanol–water partition coefficient (Wildman–Crippen LogP) is 1.09. The van der Waals surface area contributed by atoms with Gasteiger partial charge in [-0.2, -0.15) is 5.10 Å². The van der Waals surface area contributed by atoms with Gasteiger partial charge in [0, 0.05) is 19.6 Å². The minimum absolute atomic E-state index is 0.202. The molecular weight excluding hydrogens is 252 g/mol. The Labute approximate surface area is 112 Å². The minimum atomic E-state index is -0.202. The molecule has 1 atom stereocenters. The summed E-state index contributed by atoms with van der Waals surface area (Å²) in [5.74, 6) is 0.485. The molecule has 1 aliphatic rings. The second-order valence-corrected chi connectivity index (χ2v) is 5.09. The number of nitrogens with two attached hydrogens (primary N) is 1. The number of halogens is 1. The first-order chi connectivity index (χ1) is 8.67. The van der Waals surface area contributed by atoms with Crippen molar-refractivity contribution >= 4 is 17.3 Å². The highest BCUT2D eigenvalue weighted by Crippen LogP contribution is 2.26. The number of aryl methyl sites for hydroxylation is 1. The van der Waals surface area contributed by atoms with Crippen molar-refractivity contribution in [1.29, 1.82) is 0 Å². The summed E-state index contributed by atoms with van der Waals surface area (Å²) in [6.07, 6.45) is 3.60. The van der Waals surface area contributed by atoms with E-state index in [9.17, 15) is 4.79 Å². The summed E-state index contributed by atoms with van der Waals surface area (Å²) in [5.41, 5.74) is 6.20. The lowest BCUT2D eigenvalue weighted by Crippen LogP contribution is -2.28. The van der Waals surface area contributed by atoms with Crippen LogP contribution < -0.4 is 16.2 Å². The van der Waals surface area contributed by atoms with Gasteiger partial charge in [-0.15, -0.1) is 0 Å². The molecule has 100 valence electrons. The topological polar surface area (TPSA) is 64.2 Å². The predicted molar refractivity (Wildman–Crippen MR) is 73.2 cm³/mol. The van der Waals surface area contributed by atoms with Gasteiger partial charge in [-0.1, -0.05) is 18.5 Å². The molecule has 0 radical (unpaired) electrons. The third-order valence-corrected chi connectivity index (χ3v) is 3.72. The summed E-state index contributed by atoms with van der Waals surface area (Å²) in [4.78, 5) is 14.1. The summed E-state index contributed by atoms with van der Waals surface area (Å²) in [7, 11) is 0. The fourth-order valence-electron chi connectivity index (χ4n) is 2.29. The van der Waals surface area contributed by atoms with Gasteiger partial charge in [-0.25, -0.2) is 4.68 Å². The molecule has 1 saturated heterocycles. The van der Waals surface area contributed by atoms with Crippen LogP contribution in [-0.2, 0) is 6.54 Å². The summed E-state index contributed by atoms with van der Waals surface area (Å²) < 4.78 is 1.42. The maximum Gasteiger partial charge on any atom is 0.287 e. The zero-order chi connectivity index (χ0) is 13.1. The van der Waals surface area contributed by atoms with Crippen molar-refractivity contribution in [2.75, 3.05) is 24.5 Å². The van der Waals surface area contributed by atoms with E-state index in [1.807, 2.05) is 6.92 Å². The molecule has 1 fully saturated rings. The summed E-state index contributed by atoms with van der Waals surface area (Å²) >= 11 is 6.16. The second kappa shape index (κ2) is 5.71. The Bertz CT molecular complexity index is 474. The molecule has 2 N–H and O–H groups in total. The SMILES string of the molecule is CCCn1ncc(N2CCC(CN)C2)c(Cl)c1=O. The molecule has 18 heavy (non-hydrogen) atoms. The summed E-state index contributed by atoms with van der Waals surface area (Å²) in [5, 5.41) is 4.45. The largest absolute Gasteiger partial charge is 0.369 e. The van der Waals surface area contributed by atoms with E-state index < -0.39 is 0 Å². The number of rotatable bonds is 4. The van der Waals surface area contributed by atoms with E-state index in [4.69, 9.17) is 17.3 Å². The monoisotopic (exact) mass is 270 g/mol. The molecular formula is C12H19ClN4O. The fraction of sp³-hybridized carbons (Fsp3) is 0.667. The molecule has 0 bridgehead atoms. The van der Waals surface area contributed by atoms with E-state index >= 15 is 0 Å². The summed E-state index contributed by atoms with van der Waals surface area (Å²) in [6.45, 7) is 5.02. The van der Waals surface area contributed by atoms with Crippen LogP contribution in [0.25, 0.3) is 0 Å². The van der Waals surface area contributed by atoms with Gasteiger partial charge in [0.05, 0.1) is 11.9 Å². The Morgan fingerprint density at radius 2 is 2.39 bits per heavy atom. The molecule has 1 aliphatic heterocycles. The van der Waals surface area contributed by atoms with Crippen molar-refractivity contribution in [3.63, 3.8) is 0 Å². The number of aromatic nitrogens is 2. The van der Waals surface area contributed by atoms with Crippen molar-refractivity contribution in [2.24, 2.45) is 11.7 Å². The van der Waals surface area contributed by atoms with Crippen molar-refractivity contribution < 1.29 is 0 Å². The van der Waals surface area contributed by atoms with Crippen LogP contribution in [0.15, 0.2) is 11.0 Å². The molecule has 0 saturated carbocycles. The van der Waals surface area contributed by atoms with Crippen LogP contribution in [0.5, 0.6) is 0 Å². The average Bonchev–Trinajstić information content (AvgIpc) is 2.84. The molecule has 2 rings (SSSR count). The highest BCUT2D eigenvalue weighted by atomic mass is 35.5. The molecule has 1 unspecified atom stereocenters. The third-order valence-electron chi connectivity index (χ3n) is 3.36. The van der Waals surface area contributed by atoms with Crippen LogP contribution in [0.2, 0.25) is 5.02 Å². The van der Waals surface area contributed by atoms with Crippen LogP contribution >= 0.6 is 11.6 Å². The minimum Gasteiger partial charge on any atom is -0.369 e. The van der Waals surface area contributed by atoms with Crippen molar-refractivity contribution in [2.45, 2.75) is 26.3 Å². The summed E-state index contributed by atoms with van der Waals surface area (Å²) in [6, 6.07) is 0. The van der Waals surface area contributed by atoms with Crippen molar-refractivity contribution in [1.82, 2.24) is 9.78 Å². The van der Waals surface area contributed by atoms with E-state index in [1.165, 1.54) is 4.68 Å². The van der Waals surface area contributed by atoms with Crippen LogP contribution in [0.4, 0.5) is 5.69 Å². The Balaban J connectivity index is 2.25. The normalized spacial score (nSPS) is 19.5. The zero-order valence-corrected chi connectivity index (χ0v) is 11.4. The Morgan fingerprint density at radius 1 is 1.61 bits per heavy atom. The molecule has 0 spiro atoms. The standard InChI is InChI=1S/C12H19ClN4O/c1-2-4-17-12(18)11(13)10(7-15-17)16-5-3-9(6-14)8-16/h7,9H,2-6,8,14H2,1H3. The third kappa shape index (κ3) is 2.52. The number of anilines is 1. The molecule has 0 aliphatic carbocycles. The first-order valence-corrected chi connectivity index (χ1v) is 6.75. The van der Waals surface area contributed by atoms with Crippen LogP contribution in [-0.4, -0.2) is 29.4 Å². The van der Waals surface area contributed by atoms with Gasteiger partial charge in [0.1, 0.15) is 5.02 Å². The van der Waals surface area contributed by atoms with Crippen molar-refractivity contribution in [3.8, 4) is 0 Å². The van der Waals surface area contributed by atoms with Gasteiger partial charge >= 0.3 is 0 Å². The Hall–Kier alpha value is -1.07. The maximum atomic E-state index is 12.0. The first kappa shape index (κ1) is 13.4. The van der Waals surface area contributed by atoms with Gasteiger partial charge in [0.15, 0.2) is 0 Å². The molecule has 0 amide bonds. The van der Waals surface area contributed by atoms with Gasteiger partial charge < -0.3 is 10.6 Å². The lowest BCUT2D eigenvalue weighted by Gasteiger charge is -2.19. The van der Waals surface area contributed by atoms with E-state index in [1.54, 1.807) is 6.20 Å². The molecule has 1 aromatic rings. The van der Waals surface area contributed by atoms with E-state index in [-0.39, 0.29) is 10.6 Å². The maximum absolute atomic E-state index is 12.0. The van der Waals surface area contributed by atoms with Gasteiger partial charge in [0.25, 0.3) is 5.56 Å². The first-order valence-electron chi connectivity index (χ1n) is 6.38. The molecule has 1 aromatic heterocycles. The van der Waals surface area contributed by atoms with Gasteiger partial charge in [0.2, 0.25) is 0 Å². The second-order valence-electron chi connectivity index (χ2n) is 4.71. The molecule has 2 heterocycles. The molecule has 5 nitrogen and oxygen atoms in total. The van der Waals surface area contributed by atoms with Gasteiger partial charge in [-0.05, 0) is 25.3 Å². The quantitative estimate of drug-likeness (QED) is 0.890. The molecule has 6 heteroatoms. The van der Waals surface area contributed by atoms with Crippen LogP contribution in [0.1, 0.15) is 19.8 Å². The van der Waals surface area contributed by atoms with E-state index in [0.717, 1.165) is 31.6 Å². The zero-order valence-electron chi connectivity index (χ0n) is 10.6. The van der Waals surface area contributed by atoms with Crippen LogP contribution in [0.3, 0.4) is 0 Å². The van der Waals surface area contributed by atoms with Crippen molar-refractivity contribution in [3.05, 3.63) is 21.6 Å². The molecule has 0 aromatic carbocycles.